The molecule has 2 aromatic rings. The fourth-order valence-electron chi connectivity index (χ4n) is 1.69. The molecule has 1 N–H and O–H groups in total. The van der Waals surface area contributed by atoms with Crippen molar-refractivity contribution < 1.29 is 14.1 Å². The molecule has 1 heterocycles. The zero-order valence-corrected chi connectivity index (χ0v) is 10.7. The average Bonchev–Trinajstić information content (AvgIpc) is 2.78. The summed E-state index contributed by atoms with van der Waals surface area (Å²) < 4.78 is 14.3. The van der Waals surface area contributed by atoms with Crippen molar-refractivity contribution in [1.82, 2.24) is 9.78 Å². The Morgan fingerprint density at radius 3 is 2.90 bits per heavy atom. The van der Waals surface area contributed by atoms with Gasteiger partial charge in [-0.2, -0.15) is 10.4 Å². The number of carbonyl (C=O) groups is 1. The lowest BCUT2D eigenvalue weighted by molar-refractivity contribution is -0.385. The molecular formula is C12H8FN5O3. The highest BCUT2D eigenvalue weighted by Gasteiger charge is 2.22. The molecule has 106 valence electrons. The van der Waals surface area contributed by atoms with Crippen LogP contribution in [0.4, 0.5) is 15.9 Å². The number of amides is 1. The van der Waals surface area contributed by atoms with Gasteiger partial charge >= 0.3 is 0 Å². The average molecular weight is 289 g/mol. The zero-order chi connectivity index (χ0) is 15.6. The molecule has 0 saturated heterocycles. The van der Waals surface area contributed by atoms with Gasteiger partial charge in [-0.15, -0.1) is 0 Å². The highest BCUT2D eigenvalue weighted by molar-refractivity contribution is 6.07. The second kappa shape index (κ2) is 5.38. The van der Waals surface area contributed by atoms with Gasteiger partial charge in [0, 0.05) is 13.2 Å². The van der Waals surface area contributed by atoms with E-state index in [0.29, 0.717) is 6.07 Å². The summed E-state index contributed by atoms with van der Waals surface area (Å²) in [5.74, 6) is -1.70. The van der Waals surface area contributed by atoms with E-state index in [4.69, 9.17) is 5.26 Å². The Hall–Kier alpha value is -3.28. The first kappa shape index (κ1) is 14.1. The van der Waals surface area contributed by atoms with Crippen LogP contribution in [0, 0.1) is 27.3 Å². The zero-order valence-electron chi connectivity index (χ0n) is 10.7. The summed E-state index contributed by atoms with van der Waals surface area (Å²) in [4.78, 5) is 22.0. The first-order valence-electron chi connectivity index (χ1n) is 5.61. The van der Waals surface area contributed by atoms with E-state index in [1.54, 1.807) is 7.05 Å². The molecule has 0 radical (unpaired) electrons. The van der Waals surface area contributed by atoms with Gasteiger partial charge in [0.25, 0.3) is 11.6 Å². The van der Waals surface area contributed by atoms with Gasteiger partial charge in [0.1, 0.15) is 23.0 Å². The van der Waals surface area contributed by atoms with E-state index in [1.807, 2.05) is 6.07 Å². The predicted octanol–water partition coefficient (Wildman–Crippen LogP) is 1.59. The highest BCUT2D eigenvalue weighted by atomic mass is 19.1. The molecule has 0 fully saturated rings. The molecule has 2 rings (SSSR count). The maximum absolute atomic E-state index is 13.0. The number of benzene rings is 1. The SMILES string of the molecule is Cn1cc(C#N)c(NC(=O)c2ccc(F)cc2[N+](=O)[O-])n1. The van der Waals surface area contributed by atoms with Crippen LogP contribution in [0.3, 0.4) is 0 Å². The number of nitrogens with zero attached hydrogens (tertiary/aromatic N) is 4. The predicted molar refractivity (Wildman–Crippen MR) is 68.9 cm³/mol. The Bertz CT molecular complexity index is 778. The maximum Gasteiger partial charge on any atom is 0.285 e. The van der Waals surface area contributed by atoms with E-state index < -0.39 is 22.3 Å². The number of anilines is 1. The van der Waals surface area contributed by atoms with Crippen LogP contribution in [0.15, 0.2) is 24.4 Å². The fourth-order valence-corrected chi connectivity index (χ4v) is 1.69. The van der Waals surface area contributed by atoms with E-state index in [2.05, 4.69) is 10.4 Å². The van der Waals surface area contributed by atoms with Gasteiger partial charge in [-0.05, 0) is 12.1 Å². The van der Waals surface area contributed by atoms with Crippen LogP contribution in [0.1, 0.15) is 15.9 Å². The van der Waals surface area contributed by atoms with Crippen LogP contribution in [-0.4, -0.2) is 20.6 Å². The molecule has 0 spiro atoms. The van der Waals surface area contributed by atoms with Crippen molar-refractivity contribution in [3.63, 3.8) is 0 Å². The molecular weight excluding hydrogens is 281 g/mol. The third-order valence-corrected chi connectivity index (χ3v) is 2.58. The lowest BCUT2D eigenvalue weighted by Crippen LogP contribution is -2.15. The van der Waals surface area contributed by atoms with Crippen molar-refractivity contribution >= 4 is 17.4 Å². The van der Waals surface area contributed by atoms with Gasteiger partial charge in [0.05, 0.1) is 11.0 Å². The molecule has 0 atom stereocenters. The van der Waals surface area contributed by atoms with E-state index >= 15 is 0 Å². The molecule has 1 aromatic heterocycles. The summed E-state index contributed by atoms with van der Waals surface area (Å²) in [6, 6.07) is 4.41. The maximum atomic E-state index is 13.0. The number of carbonyl (C=O) groups excluding carboxylic acids is 1. The largest absolute Gasteiger partial charge is 0.304 e. The van der Waals surface area contributed by atoms with Crippen LogP contribution in [-0.2, 0) is 7.05 Å². The normalized spacial score (nSPS) is 9.95. The number of nitriles is 1. The van der Waals surface area contributed by atoms with Gasteiger partial charge < -0.3 is 5.32 Å². The first-order chi connectivity index (χ1) is 9.92. The number of halogens is 1. The second-order valence-corrected chi connectivity index (χ2v) is 4.05. The van der Waals surface area contributed by atoms with Crippen molar-refractivity contribution in [2.45, 2.75) is 0 Å². The minimum Gasteiger partial charge on any atom is -0.304 e. The Morgan fingerprint density at radius 2 is 2.29 bits per heavy atom. The second-order valence-electron chi connectivity index (χ2n) is 4.05. The van der Waals surface area contributed by atoms with Crippen molar-refractivity contribution in [2.24, 2.45) is 7.05 Å². The minimum absolute atomic E-state index is 0.0244. The van der Waals surface area contributed by atoms with Crippen LogP contribution in [0.2, 0.25) is 0 Å². The Labute approximate surface area is 117 Å². The van der Waals surface area contributed by atoms with Crippen LogP contribution in [0.5, 0.6) is 0 Å². The minimum atomic E-state index is -0.860. The quantitative estimate of drug-likeness (QED) is 0.680. The highest BCUT2D eigenvalue weighted by Crippen LogP contribution is 2.21. The first-order valence-corrected chi connectivity index (χ1v) is 5.61. The standard InChI is InChI=1S/C12H8FN5O3/c1-17-6-7(5-14)11(16-17)15-12(19)9-3-2-8(13)4-10(9)18(20)21/h2-4,6H,1H3,(H,15,16,19). The van der Waals surface area contributed by atoms with Crippen molar-refractivity contribution in [3.8, 4) is 6.07 Å². The summed E-state index contributed by atoms with van der Waals surface area (Å²) in [5.41, 5.74) is -0.881. The number of aryl methyl sites for hydroxylation is 1. The van der Waals surface area contributed by atoms with Crippen molar-refractivity contribution in [1.29, 1.82) is 5.26 Å². The van der Waals surface area contributed by atoms with Gasteiger partial charge in [-0.3, -0.25) is 19.6 Å². The molecule has 0 bridgehead atoms. The lowest BCUT2D eigenvalue weighted by Gasteiger charge is -2.03. The topological polar surface area (TPSA) is 114 Å². The molecule has 21 heavy (non-hydrogen) atoms. The molecule has 1 amide bonds. The summed E-state index contributed by atoms with van der Waals surface area (Å²) in [5, 5.41) is 25.9. The molecule has 0 unspecified atom stereocenters. The summed E-state index contributed by atoms with van der Waals surface area (Å²) in [6.07, 6.45) is 1.38. The summed E-state index contributed by atoms with van der Waals surface area (Å²) in [7, 11) is 1.55. The van der Waals surface area contributed by atoms with Crippen molar-refractivity contribution in [2.75, 3.05) is 5.32 Å². The van der Waals surface area contributed by atoms with Crippen LogP contribution in [0.25, 0.3) is 0 Å². The number of hydrogen-bond acceptors (Lipinski definition) is 5. The number of aromatic nitrogens is 2. The van der Waals surface area contributed by atoms with E-state index in [-0.39, 0.29) is 16.9 Å². The Kier molecular flexibility index (Phi) is 3.62. The molecule has 8 nitrogen and oxygen atoms in total. The summed E-state index contributed by atoms with van der Waals surface area (Å²) in [6.45, 7) is 0. The molecule has 0 saturated carbocycles. The van der Waals surface area contributed by atoms with Gasteiger partial charge in [-0.1, -0.05) is 0 Å². The van der Waals surface area contributed by atoms with Gasteiger partial charge in [0.2, 0.25) is 0 Å². The number of nitrogens with one attached hydrogen (secondary N) is 1. The molecule has 0 aliphatic rings. The number of nitro groups is 1. The van der Waals surface area contributed by atoms with Gasteiger partial charge in [-0.25, -0.2) is 4.39 Å². The summed E-state index contributed by atoms with van der Waals surface area (Å²) >= 11 is 0. The number of hydrogen-bond donors (Lipinski definition) is 1. The fraction of sp³-hybridized carbons (Fsp3) is 0.0833. The van der Waals surface area contributed by atoms with E-state index in [1.165, 1.54) is 10.9 Å². The molecule has 1 aromatic carbocycles. The number of nitro benzene ring substituents is 1. The third kappa shape index (κ3) is 2.84. The Balaban J connectivity index is 2.37. The molecule has 0 aliphatic carbocycles. The molecule has 0 aliphatic heterocycles. The Morgan fingerprint density at radius 1 is 1.57 bits per heavy atom. The van der Waals surface area contributed by atoms with E-state index in [0.717, 1.165) is 12.1 Å². The van der Waals surface area contributed by atoms with Crippen LogP contribution < -0.4 is 5.32 Å². The van der Waals surface area contributed by atoms with Crippen molar-refractivity contribution in [3.05, 3.63) is 51.5 Å². The third-order valence-electron chi connectivity index (χ3n) is 2.58. The molecule has 9 heteroatoms. The monoisotopic (exact) mass is 289 g/mol. The van der Waals surface area contributed by atoms with E-state index in [9.17, 15) is 19.3 Å². The smallest absolute Gasteiger partial charge is 0.285 e. The number of rotatable bonds is 3. The van der Waals surface area contributed by atoms with Gasteiger partial charge in [0.15, 0.2) is 5.82 Å². The van der Waals surface area contributed by atoms with Crippen LogP contribution >= 0.6 is 0 Å². The lowest BCUT2D eigenvalue weighted by atomic mass is 10.1.